The highest BCUT2D eigenvalue weighted by atomic mass is 19.1. The number of hydrogen-bond acceptors (Lipinski definition) is 3. The Bertz CT molecular complexity index is 810. The molecule has 0 aliphatic rings. The molecule has 2 aromatic carbocycles. The average molecular weight is 340 g/mol. The van der Waals surface area contributed by atoms with Crippen molar-refractivity contribution in [3.05, 3.63) is 77.1 Å². The number of nitrogens with one attached hydrogen (secondary N) is 2. The Balaban J connectivity index is 2.30. The van der Waals surface area contributed by atoms with Gasteiger partial charge in [-0.2, -0.15) is 0 Å². The molecule has 0 heterocycles. The van der Waals surface area contributed by atoms with E-state index in [4.69, 9.17) is 5.21 Å². The fraction of sp³-hybridized carbons (Fsp3) is 0.0526. The van der Waals surface area contributed by atoms with E-state index in [0.29, 0.717) is 11.1 Å². The molecule has 0 saturated carbocycles. The third kappa shape index (κ3) is 5.12. The van der Waals surface area contributed by atoms with Gasteiger partial charge in [-0.25, -0.2) is 9.87 Å². The molecule has 128 valence electrons. The van der Waals surface area contributed by atoms with Gasteiger partial charge in [0.2, 0.25) is 0 Å². The largest absolute Gasteiger partial charge is 0.355 e. The Morgan fingerprint density at radius 3 is 2.16 bits per heavy atom. The molecule has 3 N–H and O–H groups in total. The van der Waals surface area contributed by atoms with Crippen LogP contribution in [0, 0.1) is 5.82 Å². The number of rotatable bonds is 5. The monoisotopic (exact) mass is 340 g/mol. The maximum absolute atomic E-state index is 13.1. The average Bonchev–Trinajstić information content (AvgIpc) is 2.65. The van der Waals surface area contributed by atoms with E-state index in [1.54, 1.807) is 48.6 Å². The van der Waals surface area contributed by atoms with E-state index in [2.05, 4.69) is 5.32 Å². The number of likely N-dealkylation sites (N-methyl/N-ethyl adjacent to an activating group) is 1. The number of amides is 2. The van der Waals surface area contributed by atoms with Crippen LogP contribution in [0.25, 0.3) is 17.7 Å². The van der Waals surface area contributed by atoms with Crippen LogP contribution in [0.4, 0.5) is 4.39 Å². The highest BCUT2D eigenvalue weighted by molar-refractivity contribution is 6.24. The minimum Gasteiger partial charge on any atom is -0.355 e. The van der Waals surface area contributed by atoms with E-state index in [-0.39, 0.29) is 11.7 Å². The molecule has 2 rings (SSSR count). The summed E-state index contributed by atoms with van der Waals surface area (Å²) in [5.74, 6) is -1.28. The third-order valence-corrected chi connectivity index (χ3v) is 3.41. The molecular weight excluding hydrogens is 323 g/mol. The van der Waals surface area contributed by atoms with E-state index >= 15 is 0 Å². The number of benzene rings is 2. The summed E-state index contributed by atoms with van der Waals surface area (Å²) in [4.78, 5) is 23.1. The normalized spacial score (nSPS) is 11.4. The molecule has 2 aromatic rings. The molecule has 0 radical (unpaired) electrons. The molecule has 0 aliphatic carbocycles. The minimum atomic E-state index is -0.623. The van der Waals surface area contributed by atoms with Gasteiger partial charge in [-0.3, -0.25) is 14.8 Å². The Kier molecular flexibility index (Phi) is 6.20. The van der Waals surface area contributed by atoms with Crippen molar-refractivity contribution in [1.82, 2.24) is 10.8 Å². The van der Waals surface area contributed by atoms with Crippen LogP contribution in [0.1, 0.15) is 16.7 Å². The topological polar surface area (TPSA) is 78.4 Å². The van der Waals surface area contributed by atoms with Crippen LogP contribution in [0.15, 0.2) is 54.6 Å². The lowest BCUT2D eigenvalue weighted by atomic mass is 10.0. The van der Waals surface area contributed by atoms with Gasteiger partial charge in [0.05, 0.1) is 0 Å². The minimum absolute atomic E-state index is 0.282. The molecule has 2 amide bonds. The molecule has 0 fully saturated rings. The standard InChI is InChI=1S/C19H17FN2O3/c1-21-19(24)17(15-7-9-16(20)10-8-15)12-14-4-2-13(3-5-14)6-11-18(23)22-25/h2-12,25H,1H3,(H,21,24)(H,22,23)/b11-6+,17-12+. The number of halogens is 1. The highest BCUT2D eigenvalue weighted by Gasteiger charge is 2.10. The SMILES string of the molecule is CNC(=O)/C(=C/c1ccc(/C=C/C(=O)NO)cc1)c1ccc(F)cc1. The maximum Gasteiger partial charge on any atom is 0.267 e. The summed E-state index contributed by atoms with van der Waals surface area (Å²) in [6.07, 6.45) is 4.43. The van der Waals surface area contributed by atoms with Gasteiger partial charge in [0.25, 0.3) is 11.8 Å². The molecule has 0 bridgehead atoms. The van der Waals surface area contributed by atoms with E-state index in [9.17, 15) is 14.0 Å². The number of carbonyl (C=O) groups is 2. The van der Waals surface area contributed by atoms with E-state index < -0.39 is 5.91 Å². The zero-order valence-electron chi connectivity index (χ0n) is 13.5. The van der Waals surface area contributed by atoms with Crippen molar-refractivity contribution in [1.29, 1.82) is 0 Å². The first-order chi connectivity index (χ1) is 12.0. The fourth-order valence-corrected chi connectivity index (χ4v) is 2.12. The van der Waals surface area contributed by atoms with Crippen molar-refractivity contribution in [2.24, 2.45) is 0 Å². The summed E-state index contributed by atoms with van der Waals surface area (Å²) in [6.45, 7) is 0. The maximum atomic E-state index is 13.1. The fourth-order valence-electron chi connectivity index (χ4n) is 2.12. The Hall–Kier alpha value is -3.25. The summed E-state index contributed by atoms with van der Waals surface area (Å²) >= 11 is 0. The Labute approximate surface area is 144 Å². The van der Waals surface area contributed by atoms with E-state index in [0.717, 1.165) is 11.1 Å². The molecule has 0 unspecified atom stereocenters. The van der Waals surface area contributed by atoms with Crippen molar-refractivity contribution in [2.45, 2.75) is 0 Å². The smallest absolute Gasteiger partial charge is 0.267 e. The van der Waals surface area contributed by atoms with Crippen molar-refractivity contribution >= 4 is 29.5 Å². The lowest BCUT2D eigenvalue weighted by Crippen LogP contribution is -2.19. The van der Waals surface area contributed by atoms with Crippen LogP contribution in [0.5, 0.6) is 0 Å². The summed E-state index contributed by atoms with van der Waals surface area (Å²) in [6, 6.07) is 12.8. The molecule has 25 heavy (non-hydrogen) atoms. The van der Waals surface area contributed by atoms with Gasteiger partial charge in [0.15, 0.2) is 0 Å². The second-order valence-electron chi connectivity index (χ2n) is 5.12. The zero-order chi connectivity index (χ0) is 18.2. The van der Waals surface area contributed by atoms with Gasteiger partial charge in [0, 0.05) is 18.7 Å². The third-order valence-electron chi connectivity index (χ3n) is 3.41. The van der Waals surface area contributed by atoms with Crippen LogP contribution in [0.3, 0.4) is 0 Å². The first-order valence-corrected chi connectivity index (χ1v) is 7.45. The lowest BCUT2D eigenvalue weighted by Gasteiger charge is -2.07. The number of hydrogen-bond donors (Lipinski definition) is 3. The predicted molar refractivity (Wildman–Crippen MR) is 93.7 cm³/mol. The molecule has 0 spiro atoms. The predicted octanol–water partition coefficient (Wildman–Crippen LogP) is 2.63. The number of carbonyl (C=O) groups excluding carboxylic acids is 2. The van der Waals surface area contributed by atoms with Crippen molar-refractivity contribution < 1.29 is 19.2 Å². The van der Waals surface area contributed by atoms with E-state index in [1.165, 1.54) is 30.7 Å². The summed E-state index contributed by atoms with van der Waals surface area (Å²) in [5.41, 5.74) is 4.04. The molecule has 0 aliphatic heterocycles. The first-order valence-electron chi connectivity index (χ1n) is 7.45. The molecule has 0 saturated heterocycles. The van der Waals surface area contributed by atoms with Crippen LogP contribution in [0.2, 0.25) is 0 Å². The second kappa shape index (κ2) is 8.56. The zero-order valence-corrected chi connectivity index (χ0v) is 13.5. The molecule has 6 heteroatoms. The van der Waals surface area contributed by atoms with Crippen LogP contribution in [-0.2, 0) is 9.59 Å². The summed E-state index contributed by atoms with van der Waals surface area (Å²) < 4.78 is 13.1. The van der Waals surface area contributed by atoms with Crippen molar-refractivity contribution in [2.75, 3.05) is 7.05 Å². The highest BCUT2D eigenvalue weighted by Crippen LogP contribution is 2.19. The second-order valence-corrected chi connectivity index (χ2v) is 5.12. The van der Waals surface area contributed by atoms with Gasteiger partial charge >= 0.3 is 0 Å². The van der Waals surface area contributed by atoms with Crippen LogP contribution < -0.4 is 10.8 Å². The van der Waals surface area contributed by atoms with Crippen LogP contribution >= 0.6 is 0 Å². The molecule has 0 atom stereocenters. The number of hydroxylamine groups is 1. The van der Waals surface area contributed by atoms with Crippen molar-refractivity contribution in [3.8, 4) is 0 Å². The van der Waals surface area contributed by atoms with Gasteiger partial charge in [-0.15, -0.1) is 0 Å². The summed E-state index contributed by atoms with van der Waals surface area (Å²) in [5, 5.41) is 11.0. The Morgan fingerprint density at radius 1 is 1.00 bits per heavy atom. The van der Waals surface area contributed by atoms with Gasteiger partial charge < -0.3 is 5.32 Å². The summed E-state index contributed by atoms with van der Waals surface area (Å²) in [7, 11) is 1.53. The van der Waals surface area contributed by atoms with Crippen molar-refractivity contribution in [3.63, 3.8) is 0 Å². The quantitative estimate of drug-likeness (QED) is 0.339. The van der Waals surface area contributed by atoms with E-state index in [1.807, 2.05) is 0 Å². The molecular formula is C19H17FN2O3. The van der Waals surface area contributed by atoms with Gasteiger partial charge in [-0.05, 0) is 41.0 Å². The Morgan fingerprint density at radius 2 is 1.60 bits per heavy atom. The molecule has 0 aromatic heterocycles. The van der Waals surface area contributed by atoms with Crippen LogP contribution in [-0.4, -0.2) is 24.1 Å². The lowest BCUT2D eigenvalue weighted by molar-refractivity contribution is -0.124. The molecule has 5 nitrogen and oxygen atoms in total. The van der Waals surface area contributed by atoms with Gasteiger partial charge in [-0.1, -0.05) is 36.4 Å². The van der Waals surface area contributed by atoms with Gasteiger partial charge in [0.1, 0.15) is 5.82 Å². The first kappa shape index (κ1) is 18.1.